The van der Waals surface area contributed by atoms with Crippen molar-refractivity contribution < 1.29 is 18.9 Å². The Labute approximate surface area is 125 Å². The van der Waals surface area contributed by atoms with Crippen LogP contribution in [0.25, 0.3) is 0 Å². The maximum atomic E-state index is 2.33. The zero-order valence-electron chi connectivity index (χ0n) is 11.8. The third-order valence-corrected chi connectivity index (χ3v) is 5.13. The van der Waals surface area contributed by atoms with Gasteiger partial charge in [-0.05, 0) is 16.4 Å². The first-order valence-electron chi connectivity index (χ1n) is 6.10. The van der Waals surface area contributed by atoms with Gasteiger partial charge in [-0.25, -0.2) is 12.1 Å². The van der Waals surface area contributed by atoms with Gasteiger partial charge in [-0.2, -0.15) is 12.1 Å². The molecule has 0 amide bonds. The summed E-state index contributed by atoms with van der Waals surface area (Å²) in [5, 5.41) is 1.45. The van der Waals surface area contributed by atoms with Gasteiger partial charge in [0.25, 0.3) is 0 Å². The molecule has 2 aromatic rings. The van der Waals surface area contributed by atoms with Crippen LogP contribution >= 0.6 is 8.58 Å². The predicted octanol–water partition coefficient (Wildman–Crippen LogP) is 1.50. The van der Waals surface area contributed by atoms with E-state index in [1.165, 1.54) is 10.9 Å². The number of hydrogen-bond acceptors (Lipinski definition) is 0. The van der Waals surface area contributed by atoms with Crippen LogP contribution in [0.4, 0.5) is 0 Å². The Balaban J connectivity index is 0.00000162. The minimum Gasteiger partial charge on any atom is -0.213 e. The van der Waals surface area contributed by atoms with E-state index in [0.29, 0.717) is 11.1 Å². The molecule has 2 atom stereocenters. The van der Waals surface area contributed by atoms with Crippen LogP contribution in [-0.2, 0) is 0 Å². The van der Waals surface area contributed by atoms with Gasteiger partial charge in [0.2, 0.25) is 0 Å². The number of rotatable bonds is 3. The SMILES string of the molecule is CC(C)(C)C(Pc1ccccc1)[c-]1cccc1.[Li+]. The molecule has 18 heavy (non-hydrogen) atoms. The molecule has 2 rings (SSSR count). The molecule has 0 saturated carbocycles. The molecule has 0 heterocycles. The molecule has 0 bridgehead atoms. The van der Waals surface area contributed by atoms with E-state index in [0.717, 1.165) is 8.58 Å². The minimum absolute atomic E-state index is 0. The van der Waals surface area contributed by atoms with Crippen molar-refractivity contribution >= 4 is 13.9 Å². The number of hydrogen-bond donors (Lipinski definition) is 0. The van der Waals surface area contributed by atoms with Crippen molar-refractivity contribution in [2.75, 3.05) is 0 Å². The van der Waals surface area contributed by atoms with Crippen molar-refractivity contribution in [2.45, 2.75) is 26.4 Å². The average molecular weight is 250 g/mol. The second-order valence-electron chi connectivity index (χ2n) is 5.53. The third kappa shape index (κ3) is 4.06. The molecular weight excluding hydrogens is 230 g/mol. The molecule has 0 nitrogen and oxygen atoms in total. The second kappa shape index (κ2) is 6.67. The average Bonchev–Trinajstić information content (AvgIpc) is 2.79. The van der Waals surface area contributed by atoms with Gasteiger partial charge in [0, 0.05) is 0 Å². The molecule has 2 heteroatoms. The zero-order chi connectivity index (χ0) is 12.3. The van der Waals surface area contributed by atoms with Crippen molar-refractivity contribution in [1.82, 2.24) is 0 Å². The summed E-state index contributed by atoms with van der Waals surface area (Å²) in [5.41, 5.74) is 2.39. The van der Waals surface area contributed by atoms with E-state index in [1.54, 1.807) is 0 Å². The van der Waals surface area contributed by atoms with Gasteiger partial charge in [-0.1, -0.05) is 59.7 Å². The van der Waals surface area contributed by atoms with Crippen molar-refractivity contribution in [1.29, 1.82) is 0 Å². The van der Waals surface area contributed by atoms with Gasteiger partial charge in [-0.3, -0.25) is 0 Å². The van der Waals surface area contributed by atoms with Crippen molar-refractivity contribution in [3.63, 3.8) is 0 Å². The van der Waals surface area contributed by atoms with Gasteiger partial charge < -0.3 is 0 Å². The fourth-order valence-corrected chi connectivity index (χ4v) is 3.59. The van der Waals surface area contributed by atoms with E-state index < -0.39 is 0 Å². The first-order valence-corrected chi connectivity index (χ1v) is 7.18. The Morgan fingerprint density at radius 1 is 0.944 bits per heavy atom. The topological polar surface area (TPSA) is 0 Å². The summed E-state index contributed by atoms with van der Waals surface area (Å²) in [7, 11) is 0.841. The van der Waals surface area contributed by atoms with Crippen molar-refractivity contribution in [3.05, 3.63) is 60.2 Å². The van der Waals surface area contributed by atoms with Gasteiger partial charge in [0.1, 0.15) is 0 Å². The number of benzene rings is 1. The smallest absolute Gasteiger partial charge is 0.213 e. The minimum atomic E-state index is 0. The standard InChI is InChI=1S/C16H20P.Li/c1-16(2,3)15(13-9-7-8-10-13)17-14-11-5-4-6-12-14;/h4-12,15,17H,1-3H3;/q-1;+1. The fourth-order valence-electron chi connectivity index (χ4n) is 2.08. The summed E-state index contributed by atoms with van der Waals surface area (Å²) in [4.78, 5) is 0. The Morgan fingerprint density at radius 3 is 2.00 bits per heavy atom. The Morgan fingerprint density at radius 2 is 1.50 bits per heavy atom. The zero-order valence-corrected chi connectivity index (χ0v) is 12.8. The molecule has 0 aliphatic rings. The summed E-state index contributed by atoms with van der Waals surface area (Å²) >= 11 is 0. The molecule has 0 N–H and O–H groups in total. The fraction of sp³-hybridized carbons (Fsp3) is 0.312. The molecule has 90 valence electrons. The van der Waals surface area contributed by atoms with E-state index in [-0.39, 0.29) is 18.9 Å². The van der Waals surface area contributed by atoms with Gasteiger partial charge in [0.05, 0.1) is 0 Å². The monoisotopic (exact) mass is 250 g/mol. The second-order valence-corrected chi connectivity index (χ2v) is 6.97. The molecule has 0 radical (unpaired) electrons. The summed E-state index contributed by atoms with van der Waals surface area (Å²) in [6, 6.07) is 19.6. The molecule has 2 unspecified atom stereocenters. The maximum Gasteiger partial charge on any atom is 1.00 e. The first-order chi connectivity index (χ1) is 8.07. The third-order valence-electron chi connectivity index (χ3n) is 2.97. The summed E-state index contributed by atoms with van der Waals surface area (Å²) in [6.07, 6.45) is 0. The van der Waals surface area contributed by atoms with Crippen LogP contribution in [0.2, 0.25) is 0 Å². The van der Waals surface area contributed by atoms with Crippen LogP contribution in [0.15, 0.2) is 54.6 Å². The molecule has 0 fully saturated rings. The van der Waals surface area contributed by atoms with Crippen LogP contribution < -0.4 is 24.2 Å². The molecule has 0 aliphatic carbocycles. The van der Waals surface area contributed by atoms with Crippen LogP contribution in [0.1, 0.15) is 32.0 Å². The summed E-state index contributed by atoms with van der Waals surface area (Å²) < 4.78 is 0. The van der Waals surface area contributed by atoms with Crippen LogP contribution in [-0.4, -0.2) is 0 Å². The van der Waals surface area contributed by atoms with E-state index in [1.807, 2.05) is 0 Å². The van der Waals surface area contributed by atoms with Gasteiger partial charge in [0.15, 0.2) is 0 Å². The van der Waals surface area contributed by atoms with Gasteiger partial charge >= 0.3 is 18.9 Å². The Hall–Kier alpha value is -0.403. The van der Waals surface area contributed by atoms with Crippen LogP contribution in [0, 0.1) is 5.41 Å². The van der Waals surface area contributed by atoms with Gasteiger partial charge in [-0.15, -0.1) is 5.56 Å². The van der Waals surface area contributed by atoms with Crippen LogP contribution in [0.3, 0.4) is 0 Å². The van der Waals surface area contributed by atoms with E-state index in [9.17, 15) is 0 Å². The van der Waals surface area contributed by atoms with E-state index in [4.69, 9.17) is 0 Å². The molecule has 0 aromatic heterocycles. The molecular formula is C16H20LiP. The van der Waals surface area contributed by atoms with E-state index >= 15 is 0 Å². The molecule has 2 aromatic carbocycles. The summed E-state index contributed by atoms with van der Waals surface area (Å²) in [6.45, 7) is 7.00. The summed E-state index contributed by atoms with van der Waals surface area (Å²) in [5.74, 6) is 0. The molecule has 0 saturated heterocycles. The van der Waals surface area contributed by atoms with Crippen molar-refractivity contribution in [2.24, 2.45) is 5.41 Å². The Bertz CT molecular complexity index is 440. The Kier molecular flexibility index (Phi) is 5.80. The largest absolute Gasteiger partial charge is 1.00 e. The quantitative estimate of drug-likeness (QED) is 0.440. The molecule has 0 spiro atoms. The normalized spacial score (nSPS) is 13.5. The van der Waals surface area contributed by atoms with Crippen molar-refractivity contribution in [3.8, 4) is 0 Å². The van der Waals surface area contributed by atoms with E-state index in [2.05, 4.69) is 75.4 Å². The van der Waals surface area contributed by atoms with Crippen LogP contribution in [0.5, 0.6) is 0 Å². The maximum absolute atomic E-state index is 2.33. The predicted molar refractivity (Wildman–Crippen MR) is 78.6 cm³/mol. The molecule has 0 aliphatic heterocycles. The first kappa shape index (κ1) is 15.7.